The zero-order valence-electron chi connectivity index (χ0n) is 64.6. The van der Waals surface area contributed by atoms with Crippen molar-refractivity contribution >= 4 is 79.9 Å². The monoisotopic (exact) mass is 1440 g/mol. The van der Waals surface area contributed by atoms with Gasteiger partial charge in [0, 0.05) is 59.6 Å². The minimum absolute atomic E-state index is 0.0181. The molecule has 1 atom stereocenters. The number of nitrogens with zero attached hydrogens (tertiary/aromatic N) is 1. The smallest absolute Gasteiger partial charge is 0.407 e. The number of hydrogen-bond acceptors (Lipinski definition) is 14. The molecule has 0 aromatic heterocycles. The van der Waals surface area contributed by atoms with Crippen molar-refractivity contribution in [2.45, 2.75) is 321 Å². The van der Waals surface area contributed by atoms with Crippen molar-refractivity contribution in [3.05, 3.63) is 82.6 Å². The number of anilines is 3. The SMILES string of the molecule is CCCCCCCCCCCCCCCCCNC(=O)OCC1(COC(=O)NC)N=c2/c(=C3\C(=O)C(c4ccc5cccc6c5c4NC(COC(=O)NCCCCCCCCCCCCCCCCC)(COC(=O)NCCCCCCCCCCCCCCCCC)N6)=C3O)ccc3cccc(c23)N1. The standard InChI is InChI=1S/C86H134N8O10/c1-5-8-11-14-17-20-23-26-29-32-35-38-41-44-47-60-88-82(98)102-64-85(63-101-81(97)87-4)91-71-54-50-52-67-56-58-69(77(93-85)73(67)71)75-79(95)76(80(75)96)70-59-57-68-53-51-55-72-74(68)78(70)94-86(92-72,65-103-83(99)89-61-48-45-42-39-36-33-30-27-24-21-18-15-12-9-6-2)66-104-84(100)90-62-49-46-43-40-37-34-31-28-25-22-19-16-13-10-7-3/h50-59,91-92,94-95H,5-49,60-66H2,1-4H3,(H,87,97)(H,88,98)(H,89,99)(H,90,100)/b75-69-. The summed E-state index contributed by atoms with van der Waals surface area (Å²) in [5, 5.41) is 37.9. The normalized spacial score (nSPS) is 15.3. The first-order valence-corrected chi connectivity index (χ1v) is 41.6. The molecule has 104 heavy (non-hydrogen) atoms. The highest BCUT2D eigenvalue weighted by molar-refractivity contribution is 6.52. The second-order valence-corrected chi connectivity index (χ2v) is 30.0. The highest BCUT2D eigenvalue weighted by Crippen LogP contribution is 2.47. The van der Waals surface area contributed by atoms with Crippen LogP contribution < -0.4 is 47.8 Å². The molecule has 1 unspecified atom stereocenters. The Bertz CT molecular complexity index is 3340. The van der Waals surface area contributed by atoms with Crippen molar-refractivity contribution in [3.8, 4) is 0 Å². The molecule has 4 aromatic rings. The minimum atomic E-state index is -1.56. The molecule has 2 heterocycles. The van der Waals surface area contributed by atoms with Gasteiger partial charge in [0.15, 0.2) is 11.3 Å². The van der Waals surface area contributed by atoms with E-state index in [0.29, 0.717) is 63.6 Å². The van der Waals surface area contributed by atoms with Crippen molar-refractivity contribution in [2.24, 2.45) is 4.99 Å². The van der Waals surface area contributed by atoms with Gasteiger partial charge in [-0.15, -0.1) is 0 Å². The van der Waals surface area contributed by atoms with Gasteiger partial charge in [-0.1, -0.05) is 339 Å². The van der Waals surface area contributed by atoms with Crippen LogP contribution in [0, 0.1) is 0 Å². The molecule has 4 amide bonds. The predicted octanol–water partition coefficient (Wildman–Crippen LogP) is 21.1. The van der Waals surface area contributed by atoms with Gasteiger partial charge in [0.25, 0.3) is 0 Å². The fraction of sp³-hybridized carbons (Fsp3) is 0.674. The first kappa shape index (κ1) is 84.0. The van der Waals surface area contributed by atoms with E-state index < -0.39 is 41.5 Å². The van der Waals surface area contributed by atoms with E-state index in [1.165, 1.54) is 238 Å². The summed E-state index contributed by atoms with van der Waals surface area (Å²) in [7, 11) is 1.45. The van der Waals surface area contributed by atoms with Crippen LogP contribution in [0.25, 0.3) is 32.7 Å². The molecule has 578 valence electrons. The number of hydrogen-bond donors (Lipinski definition) is 8. The van der Waals surface area contributed by atoms with Gasteiger partial charge in [-0.3, -0.25) is 4.79 Å². The molecular weight excluding hydrogens is 1300 g/mol. The molecule has 3 aliphatic rings. The maximum Gasteiger partial charge on any atom is 0.407 e. The third-order valence-electron chi connectivity index (χ3n) is 21.1. The first-order valence-electron chi connectivity index (χ1n) is 41.6. The van der Waals surface area contributed by atoms with E-state index in [-0.39, 0.29) is 43.3 Å². The van der Waals surface area contributed by atoms with Gasteiger partial charge in [-0.2, -0.15) is 0 Å². The van der Waals surface area contributed by atoms with Crippen LogP contribution in [-0.4, -0.2) is 99.7 Å². The maximum atomic E-state index is 15.2. The summed E-state index contributed by atoms with van der Waals surface area (Å²) >= 11 is 0. The average Bonchev–Trinajstić information content (AvgIpc) is 0.712. The van der Waals surface area contributed by atoms with E-state index in [0.717, 1.165) is 68.6 Å². The van der Waals surface area contributed by atoms with Crippen LogP contribution in [0.15, 0.2) is 71.4 Å². The van der Waals surface area contributed by atoms with Crippen LogP contribution in [0.1, 0.15) is 315 Å². The summed E-state index contributed by atoms with van der Waals surface area (Å²) in [5.41, 5.74) is -0.878. The molecule has 0 saturated carbocycles. The zero-order chi connectivity index (χ0) is 73.7. The number of aliphatic hydroxyl groups excluding tert-OH is 1. The van der Waals surface area contributed by atoms with E-state index in [1.807, 2.05) is 48.5 Å². The van der Waals surface area contributed by atoms with Crippen LogP contribution in [0.2, 0.25) is 0 Å². The average molecular weight is 1440 g/mol. The van der Waals surface area contributed by atoms with Gasteiger partial charge < -0.3 is 61.3 Å². The fourth-order valence-electron chi connectivity index (χ4n) is 14.9. The Morgan fingerprint density at radius 3 is 1.12 bits per heavy atom. The van der Waals surface area contributed by atoms with Crippen molar-refractivity contribution in [2.75, 3.05) is 69.1 Å². The number of amides is 4. The van der Waals surface area contributed by atoms with E-state index in [9.17, 15) is 24.3 Å². The molecule has 18 nitrogen and oxygen atoms in total. The Morgan fingerprint density at radius 1 is 0.394 bits per heavy atom. The minimum Gasteiger partial charge on any atom is -0.506 e. The zero-order valence-corrected chi connectivity index (χ0v) is 64.6. The van der Waals surface area contributed by atoms with Crippen LogP contribution in [0.3, 0.4) is 0 Å². The Kier molecular flexibility index (Phi) is 39.4. The number of rotatable bonds is 57. The van der Waals surface area contributed by atoms with E-state index in [2.05, 4.69) is 58.0 Å². The van der Waals surface area contributed by atoms with E-state index in [1.54, 1.807) is 12.1 Å². The molecule has 8 N–H and O–H groups in total. The van der Waals surface area contributed by atoms with Crippen LogP contribution >= 0.6 is 0 Å². The molecule has 0 fully saturated rings. The highest BCUT2D eigenvalue weighted by atomic mass is 16.6. The summed E-state index contributed by atoms with van der Waals surface area (Å²) in [6.07, 6.45) is 53.3. The van der Waals surface area contributed by atoms with E-state index >= 15 is 4.79 Å². The summed E-state index contributed by atoms with van der Waals surface area (Å²) in [6, 6.07) is 18.6. The number of carbonyl (C=O) groups is 5. The van der Waals surface area contributed by atoms with Gasteiger partial charge >= 0.3 is 24.4 Å². The lowest BCUT2D eigenvalue weighted by Gasteiger charge is -2.41. The van der Waals surface area contributed by atoms with Gasteiger partial charge in [-0.05, 0) is 42.2 Å². The number of allylic oxidation sites excluding steroid dienone is 2. The predicted molar refractivity (Wildman–Crippen MR) is 426 cm³/mol. The van der Waals surface area contributed by atoms with Gasteiger partial charge in [-0.25, -0.2) is 24.2 Å². The number of Topliss-reactive ketones (excluding diaryl/α,β-unsaturated/α-hetero) is 1. The molecule has 4 aromatic carbocycles. The Balaban J connectivity index is 1.02. The Morgan fingerprint density at radius 2 is 0.740 bits per heavy atom. The molecular formula is C86H134N8O10. The van der Waals surface area contributed by atoms with Gasteiger partial charge in [0.2, 0.25) is 5.78 Å². The molecule has 18 heteroatoms. The number of aliphatic hydroxyl groups is 1. The van der Waals surface area contributed by atoms with Gasteiger partial charge in [0.05, 0.1) is 22.2 Å². The number of benzene rings is 4. The van der Waals surface area contributed by atoms with Crippen molar-refractivity contribution in [1.82, 2.24) is 21.3 Å². The van der Waals surface area contributed by atoms with E-state index in [4.69, 9.17) is 23.9 Å². The summed E-state index contributed by atoms with van der Waals surface area (Å²) in [4.78, 5) is 73.8. The van der Waals surface area contributed by atoms with Crippen LogP contribution in [-0.2, 0) is 23.7 Å². The Hall–Kier alpha value is -7.24. The van der Waals surface area contributed by atoms with Crippen molar-refractivity contribution in [1.29, 1.82) is 0 Å². The second kappa shape index (κ2) is 48.8. The topological polar surface area (TPSA) is 239 Å². The molecule has 0 bridgehead atoms. The summed E-state index contributed by atoms with van der Waals surface area (Å²) < 4.78 is 23.6. The lowest BCUT2D eigenvalue weighted by Crippen LogP contribution is -2.57. The van der Waals surface area contributed by atoms with Crippen LogP contribution in [0.4, 0.5) is 36.2 Å². The lowest BCUT2D eigenvalue weighted by atomic mass is 9.80. The third kappa shape index (κ3) is 28.6. The lowest BCUT2D eigenvalue weighted by molar-refractivity contribution is -0.110. The number of carbonyl (C=O) groups excluding carboxylic acids is 5. The molecule has 0 radical (unpaired) electrons. The summed E-state index contributed by atoms with van der Waals surface area (Å²) in [6.45, 7) is 6.82. The quantitative estimate of drug-likeness (QED) is 0.0152. The largest absolute Gasteiger partial charge is 0.506 e. The number of unbranched alkanes of at least 4 members (excludes halogenated alkanes) is 42. The number of alkyl carbamates (subject to hydrolysis) is 4. The van der Waals surface area contributed by atoms with Crippen molar-refractivity contribution in [3.63, 3.8) is 0 Å². The number of ether oxygens (including phenoxy) is 4. The Labute approximate surface area is 623 Å². The number of nitrogens with one attached hydrogen (secondary N) is 7. The molecule has 0 saturated heterocycles. The van der Waals surface area contributed by atoms with Crippen molar-refractivity contribution < 1.29 is 48.0 Å². The maximum absolute atomic E-state index is 15.2. The fourth-order valence-corrected chi connectivity index (χ4v) is 14.9. The molecule has 2 aliphatic heterocycles. The van der Waals surface area contributed by atoms with Gasteiger partial charge in [0.1, 0.15) is 32.2 Å². The summed E-state index contributed by atoms with van der Waals surface area (Å²) in [5.74, 6) is -0.741. The van der Waals surface area contributed by atoms with Crippen LogP contribution in [0.5, 0.6) is 0 Å². The molecule has 0 spiro atoms. The highest BCUT2D eigenvalue weighted by Gasteiger charge is 2.44. The second-order valence-electron chi connectivity index (χ2n) is 30.0. The molecule has 7 rings (SSSR count). The molecule has 1 aliphatic carbocycles. The first-order chi connectivity index (χ1) is 51.0. The third-order valence-corrected chi connectivity index (χ3v) is 21.1. The number of ketones is 1.